The number of halogens is 1. The fraction of sp³-hybridized carbons (Fsp3) is 0.647. The summed E-state index contributed by atoms with van der Waals surface area (Å²) in [6.45, 7) is 9.21. The summed E-state index contributed by atoms with van der Waals surface area (Å²) in [4.78, 5) is 19.2. The number of pyridine rings is 1. The van der Waals surface area contributed by atoms with Crippen LogP contribution in [0.3, 0.4) is 0 Å². The zero-order valence-electron chi connectivity index (χ0n) is 13.4. The third-order valence-corrected chi connectivity index (χ3v) is 4.32. The lowest BCUT2D eigenvalue weighted by atomic mass is 9.90. The first-order chi connectivity index (χ1) is 9.79. The highest BCUT2D eigenvalue weighted by atomic mass is 35.5. The lowest BCUT2D eigenvalue weighted by Gasteiger charge is -2.28. The Morgan fingerprint density at radius 1 is 1.29 bits per heavy atom. The topological polar surface area (TPSA) is 33.2 Å². The molecule has 1 aromatic rings. The molecule has 2 rings (SSSR count). The minimum Gasteiger partial charge on any atom is -0.336 e. The van der Waals surface area contributed by atoms with Crippen molar-refractivity contribution in [2.45, 2.75) is 64.8 Å². The molecular formula is C17H25ClN2O. The van der Waals surface area contributed by atoms with E-state index >= 15 is 0 Å². The van der Waals surface area contributed by atoms with Crippen LogP contribution in [0.1, 0.15) is 69.4 Å². The number of amides is 1. The Morgan fingerprint density at radius 2 is 2.00 bits per heavy atom. The van der Waals surface area contributed by atoms with Crippen molar-refractivity contribution in [1.29, 1.82) is 0 Å². The van der Waals surface area contributed by atoms with Crippen molar-refractivity contribution >= 4 is 17.5 Å². The number of carbonyl (C=O) groups excluding carboxylic acids is 1. The van der Waals surface area contributed by atoms with Crippen molar-refractivity contribution in [3.8, 4) is 0 Å². The quantitative estimate of drug-likeness (QED) is 0.719. The van der Waals surface area contributed by atoms with Crippen LogP contribution in [0.4, 0.5) is 0 Å². The first-order valence-corrected chi connectivity index (χ1v) is 8.16. The Balaban J connectivity index is 2.32. The van der Waals surface area contributed by atoms with Crippen molar-refractivity contribution in [3.63, 3.8) is 0 Å². The zero-order valence-corrected chi connectivity index (χ0v) is 14.2. The SMILES string of the molecule is CC1CCCCCN1C(=O)c1cc(Cl)nc(C(C)(C)C)c1. The fourth-order valence-corrected chi connectivity index (χ4v) is 2.96. The molecule has 1 fully saturated rings. The maximum absolute atomic E-state index is 12.8. The highest BCUT2D eigenvalue weighted by Gasteiger charge is 2.25. The van der Waals surface area contributed by atoms with Crippen LogP contribution in [0.2, 0.25) is 5.15 Å². The van der Waals surface area contributed by atoms with Crippen LogP contribution in [0.15, 0.2) is 12.1 Å². The molecule has 1 aliphatic heterocycles. The van der Waals surface area contributed by atoms with Crippen LogP contribution in [-0.2, 0) is 5.41 Å². The predicted molar refractivity (Wildman–Crippen MR) is 86.9 cm³/mol. The van der Waals surface area contributed by atoms with Gasteiger partial charge in [0.2, 0.25) is 0 Å². The molecule has 0 radical (unpaired) electrons. The maximum Gasteiger partial charge on any atom is 0.254 e. The number of rotatable bonds is 1. The highest BCUT2D eigenvalue weighted by Crippen LogP contribution is 2.25. The average molecular weight is 309 g/mol. The molecule has 0 N–H and O–H groups in total. The third-order valence-electron chi connectivity index (χ3n) is 4.12. The van der Waals surface area contributed by atoms with Crippen LogP contribution in [0.5, 0.6) is 0 Å². The van der Waals surface area contributed by atoms with E-state index in [1.807, 2.05) is 11.0 Å². The van der Waals surface area contributed by atoms with Crippen molar-refractivity contribution in [1.82, 2.24) is 9.88 Å². The van der Waals surface area contributed by atoms with E-state index in [0.717, 1.165) is 25.1 Å². The van der Waals surface area contributed by atoms with Gasteiger partial charge in [0.05, 0.1) is 0 Å². The van der Waals surface area contributed by atoms with Gasteiger partial charge in [-0.1, -0.05) is 45.2 Å². The highest BCUT2D eigenvalue weighted by molar-refractivity contribution is 6.29. The summed E-state index contributed by atoms with van der Waals surface area (Å²) in [5, 5.41) is 0.397. The number of aromatic nitrogens is 1. The molecule has 1 aliphatic rings. The first kappa shape index (κ1) is 16.3. The smallest absolute Gasteiger partial charge is 0.254 e. The van der Waals surface area contributed by atoms with Crippen LogP contribution < -0.4 is 0 Å². The summed E-state index contributed by atoms with van der Waals surface area (Å²) < 4.78 is 0. The second kappa shape index (κ2) is 6.35. The van der Waals surface area contributed by atoms with E-state index in [2.05, 4.69) is 32.7 Å². The zero-order chi connectivity index (χ0) is 15.6. The molecule has 3 nitrogen and oxygen atoms in total. The number of likely N-dealkylation sites (tertiary alicyclic amines) is 1. The normalized spacial score (nSPS) is 20.2. The van der Waals surface area contributed by atoms with E-state index in [1.165, 1.54) is 12.8 Å². The first-order valence-electron chi connectivity index (χ1n) is 7.78. The van der Waals surface area contributed by atoms with Gasteiger partial charge in [-0.2, -0.15) is 0 Å². The minimum absolute atomic E-state index is 0.0826. The molecule has 1 atom stereocenters. The van der Waals surface area contributed by atoms with Crippen LogP contribution >= 0.6 is 11.6 Å². The Labute approximate surface area is 132 Å². The van der Waals surface area contributed by atoms with Gasteiger partial charge < -0.3 is 4.90 Å². The number of hydrogen-bond donors (Lipinski definition) is 0. The molecule has 0 aromatic carbocycles. The number of carbonyl (C=O) groups is 1. The lowest BCUT2D eigenvalue weighted by Crippen LogP contribution is -2.38. The van der Waals surface area contributed by atoms with Crippen molar-refractivity contribution in [2.75, 3.05) is 6.54 Å². The Hall–Kier alpha value is -1.09. The summed E-state index contributed by atoms with van der Waals surface area (Å²) in [6.07, 6.45) is 4.57. The number of hydrogen-bond acceptors (Lipinski definition) is 2. The largest absolute Gasteiger partial charge is 0.336 e. The molecule has 0 spiro atoms. The molecule has 0 bridgehead atoms. The number of nitrogens with zero attached hydrogens (tertiary/aromatic N) is 2. The summed E-state index contributed by atoms with van der Waals surface area (Å²) >= 11 is 6.13. The van der Waals surface area contributed by atoms with E-state index in [4.69, 9.17) is 11.6 Å². The van der Waals surface area contributed by atoms with Gasteiger partial charge in [0, 0.05) is 29.3 Å². The summed E-state index contributed by atoms with van der Waals surface area (Å²) in [5.74, 6) is 0.0826. The monoisotopic (exact) mass is 308 g/mol. The van der Waals surface area contributed by atoms with Crippen molar-refractivity contribution in [3.05, 3.63) is 28.5 Å². The maximum atomic E-state index is 12.8. The van der Waals surface area contributed by atoms with Gasteiger partial charge in [-0.25, -0.2) is 4.98 Å². The Kier molecular flexibility index (Phi) is 4.92. The van der Waals surface area contributed by atoms with Gasteiger partial charge in [0.1, 0.15) is 5.15 Å². The molecular weight excluding hydrogens is 284 g/mol. The summed E-state index contributed by atoms with van der Waals surface area (Å²) in [5.41, 5.74) is 1.40. The molecule has 116 valence electrons. The van der Waals surface area contributed by atoms with Gasteiger partial charge in [0.15, 0.2) is 0 Å². The third kappa shape index (κ3) is 3.97. The molecule has 1 saturated heterocycles. The molecule has 1 amide bonds. The van der Waals surface area contributed by atoms with Crippen LogP contribution in [-0.4, -0.2) is 28.4 Å². The fourth-order valence-electron chi connectivity index (χ4n) is 2.75. The van der Waals surface area contributed by atoms with Gasteiger partial charge in [0.25, 0.3) is 5.91 Å². The van der Waals surface area contributed by atoms with E-state index in [1.54, 1.807) is 6.07 Å². The van der Waals surface area contributed by atoms with Gasteiger partial charge in [-0.3, -0.25) is 4.79 Å². The molecule has 0 aliphatic carbocycles. The van der Waals surface area contributed by atoms with Crippen molar-refractivity contribution in [2.24, 2.45) is 0 Å². The van der Waals surface area contributed by atoms with Gasteiger partial charge >= 0.3 is 0 Å². The molecule has 0 saturated carbocycles. The van der Waals surface area contributed by atoms with E-state index in [9.17, 15) is 4.79 Å². The Morgan fingerprint density at radius 3 is 2.67 bits per heavy atom. The van der Waals surface area contributed by atoms with E-state index < -0.39 is 0 Å². The van der Waals surface area contributed by atoms with E-state index in [-0.39, 0.29) is 11.3 Å². The lowest BCUT2D eigenvalue weighted by molar-refractivity contribution is 0.0697. The van der Waals surface area contributed by atoms with E-state index in [0.29, 0.717) is 16.8 Å². The Bertz CT molecular complexity index is 522. The summed E-state index contributed by atoms with van der Waals surface area (Å²) in [7, 11) is 0. The van der Waals surface area contributed by atoms with Gasteiger partial charge in [-0.05, 0) is 31.9 Å². The van der Waals surface area contributed by atoms with Crippen LogP contribution in [0, 0.1) is 0 Å². The average Bonchev–Trinajstić information content (AvgIpc) is 2.61. The second-order valence-electron chi connectivity index (χ2n) is 7.01. The van der Waals surface area contributed by atoms with Crippen molar-refractivity contribution < 1.29 is 4.79 Å². The molecule has 21 heavy (non-hydrogen) atoms. The summed E-state index contributed by atoms with van der Waals surface area (Å²) in [6, 6.07) is 3.88. The molecule has 1 aromatic heterocycles. The minimum atomic E-state index is -0.121. The standard InChI is InChI=1S/C17H25ClN2O/c1-12-8-6-5-7-9-20(12)16(21)13-10-14(17(2,3)4)19-15(18)11-13/h10-12H,5-9H2,1-4H3. The van der Waals surface area contributed by atoms with Crippen LogP contribution in [0.25, 0.3) is 0 Å². The molecule has 1 unspecified atom stereocenters. The molecule has 2 heterocycles. The predicted octanol–water partition coefficient (Wildman–Crippen LogP) is 4.44. The second-order valence-corrected chi connectivity index (χ2v) is 7.40. The van der Waals surface area contributed by atoms with Gasteiger partial charge in [-0.15, -0.1) is 0 Å². The molecule has 4 heteroatoms.